The van der Waals surface area contributed by atoms with Crippen molar-refractivity contribution < 1.29 is 9.90 Å². The lowest BCUT2D eigenvalue weighted by Crippen LogP contribution is -2.35. The number of carbonyl (C=O) groups is 1. The Balaban J connectivity index is 2.87. The average molecular weight is 309 g/mol. The number of carboxylic acid groups (broad SMARTS) is 1. The fourth-order valence-corrected chi connectivity index (χ4v) is 2.28. The first-order chi connectivity index (χ1) is 9.74. The van der Waals surface area contributed by atoms with E-state index in [0.29, 0.717) is 5.11 Å². The molecule has 0 spiro atoms. The Morgan fingerprint density at radius 1 is 1.29 bits per heavy atom. The third-order valence-corrected chi connectivity index (χ3v) is 3.22. The molecule has 0 aromatic heterocycles. The van der Waals surface area contributed by atoms with Crippen molar-refractivity contribution in [3.8, 4) is 0 Å². The Labute approximate surface area is 131 Å². The molecule has 0 aliphatic heterocycles. The summed E-state index contributed by atoms with van der Waals surface area (Å²) in [5.74, 6) is 0. The molecule has 1 aromatic carbocycles. The Hall–Kier alpha value is -1.82. The van der Waals surface area contributed by atoms with E-state index in [9.17, 15) is 4.79 Å². The quantitative estimate of drug-likeness (QED) is 0.642. The average Bonchev–Trinajstić information content (AvgIpc) is 2.36. The predicted molar refractivity (Wildman–Crippen MR) is 89.7 cm³/mol. The highest BCUT2D eigenvalue weighted by atomic mass is 32.1. The molecule has 0 fully saturated rings. The first-order valence-corrected chi connectivity index (χ1v) is 7.29. The van der Waals surface area contributed by atoms with Crippen LogP contribution in [0.4, 0.5) is 10.5 Å². The van der Waals surface area contributed by atoms with Gasteiger partial charge in [-0.1, -0.05) is 32.9 Å². The first-order valence-electron chi connectivity index (χ1n) is 6.88. The van der Waals surface area contributed by atoms with Gasteiger partial charge in [0, 0.05) is 12.2 Å². The summed E-state index contributed by atoms with van der Waals surface area (Å²) in [5, 5.41) is 18.2. The van der Waals surface area contributed by atoms with Crippen molar-refractivity contribution in [3.05, 3.63) is 29.8 Å². The van der Waals surface area contributed by atoms with Crippen LogP contribution in [-0.2, 0) is 0 Å². The van der Waals surface area contributed by atoms with Gasteiger partial charge in [-0.2, -0.15) is 0 Å². The standard InChI is InChI=1S/C15H23N3O2S/c1-5-16-13(21)17-11-8-6-10(7-9-11)12(15(2,3)4)18-14(19)20/h6-9,12,18H,5H2,1-4H3,(H,19,20)(H2,16,17,21). The Bertz CT molecular complexity index is 495. The summed E-state index contributed by atoms with van der Waals surface area (Å²) in [6.45, 7) is 8.74. The van der Waals surface area contributed by atoms with Gasteiger partial charge in [-0.3, -0.25) is 0 Å². The predicted octanol–water partition coefficient (Wildman–Crippen LogP) is 3.35. The van der Waals surface area contributed by atoms with Crippen LogP contribution in [-0.4, -0.2) is 22.9 Å². The van der Waals surface area contributed by atoms with Gasteiger partial charge in [-0.05, 0) is 42.3 Å². The largest absolute Gasteiger partial charge is 0.465 e. The van der Waals surface area contributed by atoms with E-state index in [-0.39, 0.29) is 11.5 Å². The lowest BCUT2D eigenvalue weighted by atomic mass is 9.82. The van der Waals surface area contributed by atoms with Gasteiger partial charge in [0.05, 0.1) is 6.04 Å². The number of hydrogen-bond donors (Lipinski definition) is 4. The molecule has 4 N–H and O–H groups in total. The van der Waals surface area contributed by atoms with Gasteiger partial charge in [0.15, 0.2) is 5.11 Å². The van der Waals surface area contributed by atoms with Crippen LogP contribution in [0, 0.1) is 5.41 Å². The maximum Gasteiger partial charge on any atom is 0.405 e. The first kappa shape index (κ1) is 17.2. The molecule has 6 heteroatoms. The van der Waals surface area contributed by atoms with Crippen LogP contribution >= 0.6 is 12.2 Å². The van der Waals surface area contributed by atoms with Crippen LogP contribution in [0.5, 0.6) is 0 Å². The number of nitrogens with one attached hydrogen (secondary N) is 3. The Morgan fingerprint density at radius 3 is 2.29 bits per heavy atom. The summed E-state index contributed by atoms with van der Waals surface area (Å²) in [4.78, 5) is 11.0. The molecule has 21 heavy (non-hydrogen) atoms. The zero-order valence-electron chi connectivity index (χ0n) is 12.9. The molecule has 1 rings (SSSR count). The SMILES string of the molecule is CCNC(=S)Nc1ccc(C(NC(=O)O)C(C)(C)C)cc1. The molecule has 0 saturated carbocycles. The minimum Gasteiger partial charge on any atom is -0.465 e. The number of benzene rings is 1. The number of anilines is 1. The van der Waals surface area contributed by atoms with Crippen LogP contribution in [0.3, 0.4) is 0 Å². The van der Waals surface area contributed by atoms with Crippen LogP contribution in [0.25, 0.3) is 0 Å². The van der Waals surface area contributed by atoms with Gasteiger partial charge < -0.3 is 21.1 Å². The van der Waals surface area contributed by atoms with E-state index in [0.717, 1.165) is 17.8 Å². The number of hydrogen-bond acceptors (Lipinski definition) is 2. The second kappa shape index (κ2) is 7.26. The zero-order chi connectivity index (χ0) is 16.0. The number of rotatable bonds is 4. The van der Waals surface area contributed by atoms with Crippen molar-refractivity contribution in [1.82, 2.24) is 10.6 Å². The van der Waals surface area contributed by atoms with Gasteiger partial charge in [-0.15, -0.1) is 0 Å². The van der Waals surface area contributed by atoms with Crippen molar-refractivity contribution in [1.29, 1.82) is 0 Å². The molecule has 1 amide bonds. The van der Waals surface area contributed by atoms with Gasteiger partial charge >= 0.3 is 6.09 Å². The highest BCUT2D eigenvalue weighted by Gasteiger charge is 2.27. The molecule has 1 unspecified atom stereocenters. The summed E-state index contributed by atoms with van der Waals surface area (Å²) >= 11 is 5.12. The minimum absolute atomic E-state index is 0.216. The third kappa shape index (κ3) is 5.59. The van der Waals surface area contributed by atoms with Crippen LogP contribution < -0.4 is 16.0 Å². The molecular weight excluding hydrogens is 286 g/mol. The number of amides is 1. The van der Waals surface area contributed by atoms with E-state index in [1.807, 2.05) is 52.0 Å². The summed E-state index contributed by atoms with van der Waals surface area (Å²) in [7, 11) is 0. The van der Waals surface area contributed by atoms with Gasteiger partial charge in [-0.25, -0.2) is 4.79 Å². The molecule has 0 aliphatic rings. The van der Waals surface area contributed by atoms with Crippen molar-refractivity contribution in [3.63, 3.8) is 0 Å². The maximum atomic E-state index is 11.0. The van der Waals surface area contributed by atoms with E-state index in [4.69, 9.17) is 17.3 Å². The molecule has 0 saturated heterocycles. The third-order valence-electron chi connectivity index (χ3n) is 2.97. The summed E-state index contributed by atoms with van der Waals surface area (Å²) < 4.78 is 0. The van der Waals surface area contributed by atoms with Crippen molar-refractivity contribution in [2.75, 3.05) is 11.9 Å². The Kier molecular flexibility index (Phi) is 5.96. The molecule has 116 valence electrons. The van der Waals surface area contributed by atoms with E-state index in [1.54, 1.807) is 0 Å². The van der Waals surface area contributed by atoms with Gasteiger partial charge in [0.25, 0.3) is 0 Å². The summed E-state index contributed by atoms with van der Waals surface area (Å²) in [5.41, 5.74) is 1.57. The van der Waals surface area contributed by atoms with Gasteiger partial charge in [0.2, 0.25) is 0 Å². The molecule has 0 aliphatic carbocycles. The van der Waals surface area contributed by atoms with E-state index in [2.05, 4.69) is 16.0 Å². The fraction of sp³-hybridized carbons (Fsp3) is 0.467. The second-order valence-corrected chi connectivity index (χ2v) is 6.26. The van der Waals surface area contributed by atoms with E-state index < -0.39 is 6.09 Å². The van der Waals surface area contributed by atoms with Crippen molar-refractivity contribution in [2.24, 2.45) is 5.41 Å². The molecule has 5 nitrogen and oxygen atoms in total. The smallest absolute Gasteiger partial charge is 0.405 e. The summed E-state index contributed by atoms with van der Waals surface area (Å²) in [6.07, 6.45) is -1.02. The number of thiocarbonyl (C=S) groups is 1. The summed E-state index contributed by atoms with van der Waals surface area (Å²) in [6, 6.07) is 7.32. The molecular formula is C15H23N3O2S. The lowest BCUT2D eigenvalue weighted by molar-refractivity contribution is 0.175. The second-order valence-electron chi connectivity index (χ2n) is 5.85. The molecule has 0 radical (unpaired) electrons. The maximum absolute atomic E-state index is 11.0. The lowest BCUT2D eigenvalue weighted by Gasteiger charge is -2.31. The molecule has 0 bridgehead atoms. The minimum atomic E-state index is -1.02. The van der Waals surface area contributed by atoms with Gasteiger partial charge in [0.1, 0.15) is 0 Å². The van der Waals surface area contributed by atoms with Crippen molar-refractivity contribution >= 4 is 29.1 Å². The van der Waals surface area contributed by atoms with E-state index in [1.165, 1.54) is 0 Å². The van der Waals surface area contributed by atoms with E-state index >= 15 is 0 Å². The normalized spacial score (nSPS) is 12.4. The molecule has 1 atom stereocenters. The molecule has 1 aromatic rings. The topological polar surface area (TPSA) is 73.4 Å². The fourth-order valence-electron chi connectivity index (χ4n) is 2.02. The monoisotopic (exact) mass is 309 g/mol. The van der Waals surface area contributed by atoms with Crippen molar-refractivity contribution in [2.45, 2.75) is 33.7 Å². The highest BCUT2D eigenvalue weighted by Crippen LogP contribution is 2.33. The van der Waals surface area contributed by atoms with Crippen LogP contribution in [0.2, 0.25) is 0 Å². The zero-order valence-corrected chi connectivity index (χ0v) is 13.7. The molecule has 0 heterocycles. The Morgan fingerprint density at radius 2 is 1.86 bits per heavy atom. The highest BCUT2D eigenvalue weighted by molar-refractivity contribution is 7.80. The van der Waals surface area contributed by atoms with Crippen LogP contribution in [0.1, 0.15) is 39.3 Å². The van der Waals surface area contributed by atoms with Crippen LogP contribution in [0.15, 0.2) is 24.3 Å².